The monoisotopic (exact) mass is 384 g/mol. The molecular formula is C9H7Br3O2. The van der Waals surface area contributed by atoms with E-state index in [1.165, 1.54) is 0 Å². The van der Waals surface area contributed by atoms with Crippen LogP contribution in [0.15, 0.2) is 21.1 Å². The number of hydrogen-bond acceptors (Lipinski definition) is 2. The molecule has 0 bridgehead atoms. The average Bonchev–Trinajstić information content (AvgIpc) is 2.10. The number of alkyl halides is 1. The topological polar surface area (TPSA) is 29.5 Å². The highest BCUT2D eigenvalue weighted by Crippen LogP contribution is 2.41. The number of hydrogen-bond donors (Lipinski definition) is 1. The Morgan fingerprint density at radius 2 is 2.07 bits per heavy atom. The summed E-state index contributed by atoms with van der Waals surface area (Å²) in [5.41, 5.74) is 0.807. The van der Waals surface area contributed by atoms with Crippen molar-refractivity contribution in [2.45, 2.75) is 10.9 Å². The highest BCUT2D eigenvalue weighted by atomic mass is 79.9. The van der Waals surface area contributed by atoms with Gasteiger partial charge >= 0.3 is 0 Å². The summed E-state index contributed by atoms with van der Waals surface area (Å²) in [5.74, 6) is 0.731. The third-order valence-corrected chi connectivity index (χ3v) is 3.97. The molecule has 5 heteroatoms. The lowest BCUT2D eigenvalue weighted by molar-refractivity contribution is 0.124. The Labute approximate surface area is 107 Å². The molecule has 1 aromatic carbocycles. The lowest BCUT2D eigenvalue weighted by Gasteiger charge is -2.27. The van der Waals surface area contributed by atoms with Gasteiger partial charge in [0.05, 0.1) is 10.9 Å². The molecule has 14 heavy (non-hydrogen) atoms. The fraction of sp³-hybridized carbons (Fsp3) is 0.333. The molecule has 0 amide bonds. The van der Waals surface area contributed by atoms with E-state index in [1.54, 1.807) is 0 Å². The van der Waals surface area contributed by atoms with Crippen LogP contribution < -0.4 is 4.74 Å². The van der Waals surface area contributed by atoms with E-state index < -0.39 is 6.10 Å². The minimum Gasteiger partial charge on any atom is -0.492 e. The fourth-order valence-electron chi connectivity index (χ4n) is 1.41. The molecule has 2 rings (SSSR count). The van der Waals surface area contributed by atoms with Crippen LogP contribution in [-0.2, 0) is 0 Å². The SMILES string of the molecule is OC1c2c(Br)cc(Br)cc2OCC1Br. The Bertz CT molecular complexity index is 367. The molecule has 1 aliphatic heterocycles. The summed E-state index contributed by atoms with van der Waals surface area (Å²) in [5, 5.41) is 9.93. The van der Waals surface area contributed by atoms with E-state index in [0.717, 1.165) is 20.3 Å². The minimum atomic E-state index is -0.527. The number of rotatable bonds is 0. The number of aliphatic hydroxyl groups excluding tert-OH is 1. The zero-order valence-corrected chi connectivity index (χ0v) is 11.8. The van der Waals surface area contributed by atoms with Gasteiger partial charge in [0.2, 0.25) is 0 Å². The largest absolute Gasteiger partial charge is 0.492 e. The molecule has 1 heterocycles. The van der Waals surface area contributed by atoms with E-state index in [9.17, 15) is 5.11 Å². The van der Waals surface area contributed by atoms with Crippen molar-refractivity contribution < 1.29 is 9.84 Å². The van der Waals surface area contributed by atoms with Gasteiger partial charge in [0.25, 0.3) is 0 Å². The van der Waals surface area contributed by atoms with Crippen molar-refractivity contribution in [2.24, 2.45) is 0 Å². The number of aliphatic hydroxyl groups is 1. The van der Waals surface area contributed by atoms with Gasteiger partial charge in [-0.1, -0.05) is 47.8 Å². The van der Waals surface area contributed by atoms with Crippen LogP contribution in [-0.4, -0.2) is 16.5 Å². The summed E-state index contributed by atoms with van der Waals surface area (Å²) >= 11 is 10.2. The van der Waals surface area contributed by atoms with Gasteiger partial charge in [0, 0.05) is 14.5 Å². The van der Waals surface area contributed by atoms with Crippen LogP contribution in [0, 0.1) is 0 Å². The molecular weight excluding hydrogens is 380 g/mol. The predicted molar refractivity (Wildman–Crippen MR) is 65.0 cm³/mol. The second kappa shape index (κ2) is 4.12. The smallest absolute Gasteiger partial charge is 0.127 e. The Hall–Kier alpha value is 0.420. The molecule has 0 spiro atoms. The van der Waals surface area contributed by atoms with E-state index in [1.807, 2.05) is 12.1 Å². The molecule has 1 aromatic rings. The zero-order chi connectivity index (χ0) is 10.3. The quantitative estimate of drug-likeness (QED) is 0.692. The van der Waals surface area contributed by atoms with E-state index in [2.05, 4.69) is 47.8 Å². The maximum atomic E-state index is 9.93. The van der Waals surface area contributed by atoms with Crippen molar-refractivity contribution in [3.8, 4) is 5.75 Å². The third kappa shape index (κ3) is 1.87. The Morgan fingerprint density at radius 3 is 2.79 bits per heavy atom. The summed E-state index contributed by atoms with van der Waals surface area (Å²) in [6, 6.07) is 3.76. The van der Waals surface area contributed by atoms with Crippen LogP contribution >= 0.6 is 47.8 Å². The Kier molecular flexibility index (Phi) is 3.21. The lowest BCUT2D eigenvalue weighted by atomic mass is 10.0. The molecule has 0 saturated heterocycles. The predicted octanol–water partition coefficient (Wildman–Crippen LogP) is 3.40. The Morgan fingerprint density at radius 1 is 1.36 bits per heavy atom. The van der Waals surface area contributed by atoms with E-state index in [4.69, 9.17) is 4.74 Å². The van der Waals surface area contributed by atoms with E-state index in [0.29, 0.717) is 6.61 Å². The second-order valence-electron chi connectivity index (χ2n) is 3.07. The molecule has 2 nitrogen and oxygen atoms in total. The Balaban J connectivity index is 2.54. The highest BCUT2D eigenvalue weighted by molar-refractivity contribution is 9.11. The molecule has 2 atom stereocenters. The van der Waals surface area contributed by atoms with Crippen LogP contribution in [0.2, 0.25) is 0 Å². The van der Waals surface area contributed by atoms with Gasteiger partial charge in [-0.05, 0) is 12.1 Å². The van der Waals surface area contributed by atoms with Gasteiger partial charge < -0.3 is 9.84 Å². The number of benzene rings is 1. The molecule has 1 aliphatic rings. The van der Waals surface area contributed by atoms with Crippen LogP contribution in [0.25, 0.3) is 0 Å². The van der Waals surface area contributed by atoms with Crippen LogP contribution in [0.3, 0.4) is 0 Å². The molecule has 76 valence electrons. The summed E-state index contributed by atoms with van der Waals surface area (Å²) < 4.78 is 7.29. The molecule has 0 fully saturated rings. The highest BCUT2D eigenvalue weighted by Gasteiger charge is 2.29. The molecule has 1 N–H and O–H groups in total. The minimum absolute atomic E-state index is 0.0486. The maximum Gasteiger partial charge on any atom is 0.127 e. The fourth-order valence-corrected chi connectivity index (χ4v) is 3.23. The summed E-state index contributed by atoms with van der Waals surface area (Å²) in [6.07, 6.45) is -0.527. The van der Waals surface area contributed by atoms with Gasteiger partial charge in [-0.2, -0.15) is 0 Å². The first-order valence-electron chi connectivity index (χ1n) is 4.03. The van der Waals surface area contributed by atoms with Gasteiger partial charge in [0.15, 0.2) is 0 Å². The molecule has 0 aliphatic carbocycles. The van der Waals surface area contributed by atoms with Crippen LogP contribution in [0.4, 0.5) is 0 Å². The number of ether oxygens (including phenoxy) is 1. The van der Waals surface area contributed by atoms with Gasteiger partial charge in [-0.25, -0.2) is 0 Å². The third-order valence-electron chi connectivity index (χ3n) is 2.09. The van der Waals surface area contributed by atoms with Gasteiger partial charge in [-0.15, -0.1) is 0 Å². The first kappa shape index (κ1) is 10.9. The molecule has 0 radical (unpaired) electrons. The van der Waals surface area contributed by atoms with Crippen LogP contribution in [0.5, 0.6) is 5.75 Å². The molecule has 0 saturated carbocycles. The standard InChI is InChI=1S/C9H7Br3O2/c10-4-1-5(11)8-7(2-4)14-3-6(12)9(8)13/h1-2,6,9,13H,3H2. The first-order chi connectivity index (χ1) is 6.59. The zero-order valence-electron chi connectivity index (χ0n) is 7.01. The average molecular weight is 387 g/mol. The number of fused-ring (bicyclic) bond motifs is 1. The van der Waals surface area contributed by atoms with E-state index in [-0.39, 0.29) is 4.83 Å². The molecule has 0 aromatic heterocycles. The maximum absolute atomic E-state index is 9.93. The second-order valence-corrected chi connectivity index (χ2v) is 6.02. The van der Waals surface area contributed by atoms with Crippen molar-refractivity contribution >= 4 is 47.8 Å². The summed E-state index contributed by atoms with van der Waals surface area (Å²) in [7, 11) is 0. The van der Waals surface area contributed by atoms with Crippen molar-refractivity contribution in [1.29, 1.82) is 0 Å². The van der Waals surface area contributed by atoms with E-state index >= 15 is 0 Å². The van der Waals surface area contributed by atoms with Crippen molar-refractivity contribution in [3.05, 3.63) is 26.6 Å². The normalized spacial score (nSPS) is 25.4. The van der Waals surface area contributed by atoms with Crippen molar-refractivity contribution in [2.75, 3.05) is 6.61 Å². The van der Waals surface area contributed by atoms with Crippen LogP contribution in [0.1, 0.15) is 11.7 Å². The summed E-state index contributed by atoms with van der Waals surface area (Å²) in [4.78, 5) is -0.0486. The van der Waals surface area contributed by atoms with Gasteiger partial charge in [-0.3, -0.25) is 0 Å². The lowest BCUT2D eigenvalue weighted by Crippen LogP contribution is -2.26. The van der Waals surface area contributed by atoms with Crippen molar-refractivity contribution in [3.63, 3.8) is 0 Å². The van der Waals surface area contributed by atoms with Crippen molar-refractivity contribution in [1.82, 2.24) is 0 Å². The molecule has 2 unspecified atom stereocenters. The first-order valence-corrected chi connectivity index (χ1v) is 6.53. The van der Waals surface area contributed by atoms with Gasteiger partial charge in [0.1, 0.15) is 12.4 Å². The summed E-state index contributed by atoms with van der Waals surface area (Å²) in [6.45, 7) is 0.483. The number of halogens is 3.